The second kappa shape index (κ2) is 7.73. The highest BCUT2D eigenvalue weighted by Gasteiger charge is 2.22. The highest BCUT2D eigenvalue weighted by Crippen LogP contribution is 2.22. The quantitative estimate of drug-likeness (QED) is 0.824. The number of benzene rings is 1. The summed E-state index contributed by atoms with van der Waals surface area (Å²) < 4.78 is 5.80. The van der Waals surface area contributed by atoms with Gasteiger partial charge >= 0.3 is 0 Å². The Bertz CT molecular complexity index is 521. The standard InChI is InChI=1S/C17H25N3OS2/c1-13-11-20(12-14(2)21-13)16-5-3-15(4-6-16)18-17(22)19-7-9-23-10-8-19/h3-6,13-14H,7-12H2,1-2H3,(H,18,22). The van der Waals surface area contributed by atoms with Crippen LogP contribution in [0.2, 0.25) is 0 Å². The third kappa shape index (κ3) is 4.52. The maximum absolute atomic E-state index is 5.80. The van der Waals surface area contributed by atoms with E-state index in [9.17, 15) is 0 Å². The molecule has 126 valence electrons. The summed E-state index contributed by atoms with van der Waals surface area (Å²) in [7, 11) is 0. The molecule has 0 bridgehead atoms. The minimum atomic E-state index is 0.279. The zero-order valence-corrected chi connectivity index (χ0v) is 15.5. The molecule has 0 aromatic heterocycles. The van der Waals surface area contributed by atoms with Crippen LogP contribution in [0.5, 0.6) is 0 Å². The van der Waals surface area contributed by atoms with Gasteiger partial charge in [0.05, 0.1) is 12.2 Å². The van der Waals surface area contributed by atoms with Gasteiger partial charge in [-0.05, 0) is 50.3 Å². The fourth-order valence-electron chi connectivity index (χ4n) is 3.11. The molecule has 2 aliphatic rings. The molecule has 6 heteroatoms. The first-order valence-electron chi connectivity index (χ1n) is 8.26. The zero-order valence-electron chi connectivity index (χ0n) is 13.8. The molecule has 0 amide bonds. The minimum absolute atomic E-state index is 0.279. The van der Waals surface area contributed by atoms with Crippen molar-refractivity contribution in [3.8, 4) is 0 Å². The van der Waals surface area contributed by atoms with Crippen molar-refractivity contribution in [1.29, 1.82) is 0 Å². The number of morpholine rings is 1. The molecule has 2 saturated heterocycles. The number of hydrogen-bond acceptors (Lipinski definition) is 4. The third-order valence-corrected chi connectivity index (χ3v) is 5.50. The second-order valence-electron chi connectivity index (χ2n) is 6.24. The van der Waals surface area contributed by atoms with E-state index < -0.39 is 0 Å². The van der Waals surface area contributed by atoms with Gasteiger partial charge in [0.15, 0.2) is 5.11 Å². The number of anilines is 2. The Morgan fingerprint density at radius 1 is 1.13 bits per heavy atom. The third-order valence-electron chi connectivity index (χ3n) is 4.20. The van der Waals surface area contributed by atoms with Crippen LogP contribution < -0.4 is 10.2 Å². The highest BCUT2D eigenvalue weighted by molar-refractivity contribution is 7.99. The van der Waals surface area contributed by atoms with Gasteiger partial charge in [-0.25, -0.2) is 0 Å². The molecule has 2 heterocycles. The van der Waals surface area contributed by atoms with Crippen molar-refractivity contribution in [2.75, 3.05) is 47.9 Å². The number of nitrogens with zero attached hydrogens (tertiary/aromatic N) is 2. The molecule has 2 fully saturated rings. The van der Waals surface area contributed by atoms with Crippen LogP contribution in [-0.2, 0) is 4.74 Å². The molecule has 0 saturated carbocycles. The number of thiocarbonyl (C=S) groups is 1. The van der Waals surface area contributed by atoms with Gasteiger partial charge in [-0.3, -0.25) is 0 Å². The molecule has 0 aliphatic carbocycles. The lowest BCUT2D eigenvalue weighted by atomic mass is 10.2. The van der Waals surface area contributed by atoms with Crippen LogP contribution in [0.1, 0.15) is 13.8 Å². The van der Waals surface area contributed by atoms with E-state index >= 15 is 0 Å². The van der Waals surface area contributed by atoms with E-state index in [1.165, 1.54) is 5.69 Å². The molecular formula is C17H25N3OS2. The molecule has 1 N–H and O–H groups in total. The van der Waals surface area contributed by atoms with E-state index in [4.69, 9.17) is 17.0 Å². The van der Waals surface area contributed by atoms with Gasteiger partial charge < -0.3 is 19.9 Å². The van der Waals surface area contributed by atoms with Crippen molar-refractivity contribution >= 4 is 40.5 Å². The largest absolute Gasteiger partial charge is 0.372 e. The van der Waals surface area contributed by atoms with Crippen LogP contribution in [0, 0.1) is 0 Å². The zero-order chi connectivity index (χ0) is 16.2. The molecule has 1 aromatic rings. The Morgan fingerprint density at radius 3 is 2.35 bits per heavy atom. The number of hydrogen-bond donors (Lipinski definition) is 1. The molecule has 0 radical (unpaired) electrons. The Kier molecular flexibility index (Phi) is 5.67. The van der Waals surface area contributed by atoms with Crippen molar-refractivity contribution in [1.82, 2.24) is 4.90 Å². The van der Waals surface area contributed by atoms with E-state index in [0.717, 1.165) is 48.5 Å². The maximum atomic E-state index is 5.80. The number of nitrogens with one attached hydrogen (secondary N) is 1. The molecule has 2 atom stereocenters. The Hall–Kier alpha value is -0.980. The van der Waals surface area contributed by atoms with Gasteiger partial charge in [0.25, 0.3) is 0 Å². The average Bonchev–Trinajstić information content (AvgIpc) is 2.55. The predicted octanol–water partition coefficient (Wildman–Crippen LogP) is 3.05. The summed E-state index contributed by atoms with van der Waals surface area (Å²) in [6, 6.07) is 8.57. The summed E-state index contributed by atoms with van der Waals surface area (Å²) in [5.74, 6) is 2.32. The number of rotatable bonds is 2. The van der Waals surface area contributed by atoms with E-state index in [0.29, 0.717) is 0 Å². The summed E-state index contributed by atoms with van der Waals surface area (Å²) in [6.07, 6.45) is 0.558. The van der Waals surface area contributed by atoms with Crippen molar-refractivity contribution < 1.29 is 4.74 Å². The number of ether oxygens (including phenoxy) is 1. The molecule has 2 aliphatic heterocycles. The van der Waals surface area contributed by atoms with Crippen LogP contribution in [-0.4, -0.2) is 59.9 Å². The van der Waals surface area contributed by atoms with Crippen LogP contribution in [0.25, 0.3) is 0 Å². The minimum Gasteiger partial charge on any atom is -0.372 e. The van der Waals surface area contributed by atoms with E-state index in [1.807, 2.05) is 11.8 Å². The Balaban J connectivity index is 1.59. The molecule has 2 unspecified atom stereocenters. The van der Waals surface area contributed by atoms with E-state index in [-0.39, 0.29) is 12.2 Å². The fourth-order valence-corrected chi connectivity index (χ4v) is 4.32. The predicted molar refractivity (Wildman–Crippen MR) is 104 cm³/mol. The first kappa shape index (κ1) is 16.9. The maximum Gasteiger partial charge on any atom is 0.173 e. The fraction of sp³-hybridized carbons (Fsp3) is 0.588. The van der Waals surface area contributed by atoms with Gasteiger partial charge in [0, 0.05) is 49.1 Å². The van der Waals surface area contributed by atoms with Crippen molar-refractivity contribution in [2.45, 2.75) is 26.1 Å². The molecule has 1 aromatic carbocycles. The summed E-state index contributed by atoms with van der Waals surface area (Å²) in [6.45, 7) is 8.24. The van der Waals surface area contributed by atoms with Gasteiger partial charge in [-0.2, -0.15) is 11.8 Å². The Morgan fingerprint density at radius 2 is 1.74 bits per heavy atom. The average molecular weight is 352 g/mol. The van der Waals surface area contributed by atoms with Gasteiger partial charge in [-0.1, -0.05) is 0 Å². The van der Waals surface area contributed by atoms with Crippen LogP contribution >= 0.6 is 24.0 Å². The lowest BCUT2D eigenvalue weighted by Gasteiger charge is -2.37. The summed E-state index contributed by atoms with van der Waals surface area (Å²) in [5.41, 5.74) is 2.31. The van der Waals surface area contributed by atoms with Gasteiger partial charge in [0.1, 0.15) is 0 Å². The van der Waals surface area contributed by atoms with E-state index in [2.05, 4.69) is 53.2 Å². The van der Waals surface area contributed by atoms with Crippen molar-refractivity contribution in [3.63, 3.8) is 0 Å². The molecule has 4 nitrogen and oxygen atoms in total. The van der Waals surface area contributed by atoms with E-state index in [1.54, 1.807) is 0 Å². The first-order chi connectivity index (χ1) is 11.1. The second-order valence-corrected chi connectivity index (χ2v) is 7.85. The summed E-state index contributed by atoms with van der Waals surface area (Å²) in [4.78, 5) is 4.65. The lowest BCUT2D eigenvalue weighted by molar-refractivity contribution is -0.00521. The molecule has 3 rings (SSSR count). The monoisotopic (exact) mass is 351 g/mol. The molecular weight excluding hydrogens is 326 g/mol. The SMILES string of the molecule is CC1CN(c2ccc(NC(=S)N3CCSCC3)cc2)CC(C)O1. The Labute approximate surface area is 148 Å². The lowest BCUT2D eigenvalue weighted by Crippen LogP contribution is -2.45. The smallest absolute Gasteiger partial charge is 0.173 e. The first-order valence-corrected chi connectivity index (χ1v) is 9.82. The van der Waals surface area contributed by atoms with Crippen LogP contribution in [0.3, 0.4) is 0 Å². The topological polar surface area (TPSA) is 27.7 Å². The van der Waals surface area contributed by atoms with Crippen molar-refractivity contribution in [2.24, 2.45) is 0 Å². The molecule has 23 heavy (non-hydrogen) atoms. The summed E-state index contributed by atoms with van der Waals surface area (Å²) in [5, 5.41) is 4.20. The van der Waals surface area contributed by atoms with Crippen LogP contribution in [0.4, 0.5) is 11.4 Å². The van der Waals surface area contributed by atoms with Crippen molar-refractivity contribution in [3.05, 3.63) is 24.3 Å². The highest BCUT2D eigenvalue weighted by atomic mass is 32.2. The van der Waals surface area contributed by atoms with Gasteiger partial charge in [-0.15, -0.1) is 0 Å². The van der Waals surface area contributed by atoms with Crippen LogP contribution in [0.15, 0.2) is 24.3 Å². The number of thioether (sulfide) groups is 1. The molecule has 0 spiro atoms. The van der Waals surface area contributed by atoms with Gasteiger partial charge in [0.2, 0.25) is 0 Å². The summed E-state index contributed by atoms with van der Waals surface area (Å²) >= 11 is 7.52. The normalized spacial score (nSPS) is 25.3.